The summed E-state index contributed by atoms with van der Waals surface area (Å²) >= 11 is 0. The molecule has 49 heavy (non-hydrogen) atoms. The molecule has 10 nitrogen and oxygen atoms in total. The molecule has 1 N–H and O–H groups in total. The smallest absolute Gasteiger partial charge is 0.258 e. The Kier molecular flexibility index (Phi) is 8.17. The Balaban J connectivity index is 0.916. The topological polar surface area (TPSA) is 96.0 Å². The van der Waals surface area contributed by atoms with Gasteiger partial charge >= 0.3 is 0 Å². The molecule has 5 heterocycles. The van der Waals surface area contributed by atoms with Crippen LogP contribution in [0.25, 0.3) is 0 Å². The Morgan fingerprint density at radius 1 is 1.08 bits per heavy atom. The third kappa shape index (κ3) is 6.31. The van der Waals surface area contributed by atoms with Gasteiger partial charge in [0.25, 0.3) is 11.8 Å². The second-order valence-corrected chi connectivity index (χ2v) is 14.9. The van der Waals surface area contributed by atoms with E-state index in [2.05, 4.69) is 30.1 Å². The lowest BCUT2D eigenvalue weighted by Gasteiger charge is -2.59. The van der Waals surface area contributed by atoms with Crippen molar-refractivity contribution >= 4 is 11.7 Å². The number of aromatic nitrogens is 3. The number of carbonyl (C=O) groups excluding carboxylic acids is 1. The van der Waals surface area contributed by atoms with Gasteiger partial charge in [-0.05, 0) is 56.9 Å². The minimum atomic E-state index is -2.80. The Labute approximate surface area is 284 Å². The lowest BCUT2D eigenvalue weighted by Crippen LogP contribution is -2.65. The van der Waals surface area contributed by atoms with E-state index >= 15 is 0 Å². The molecule has 2 aliphatic carbocycles. The van der Waals surface area contributed by atoms with Crippen molar-refractivity contribution in [1.29, 1.82) is 0 Å². The molecule has 0 radical (unpaired) electrons. The first-order valence-corrected chi connectivity index (χ1v) is 17.3. The van der Waals surface area contributed by atoms with Crippen molar-refractivity contribution in [1.82, 2.24) is 30.1 Å². The van der Waals surface area contributed by atoms with E-state index in [4.69, 9.17) is 9.47 Å². The Morgan fingerprint density at radius 2 is 1.88 bits per heavy atom. The van der Waals surface area contributed by atoms with E-state index in [1.807, 2.05) is 12.3 Å². The molecule has 1 amide bonds. The number of halogens is 3. The maximum atomic E-state index is 14.5. The van der Waals surface area contributed by atoms with Gasteiger partial charge in [-0.1, -0.05) is 0 Å². The molecule has 8 rings (SSSR count). The quantitative estimate of drug-likeness (QED) is 0.316. The summed E-state index contributed by atoms with van der Waals surface area (Å²) in [7, 11) is 0. The van der Waals surface area contributed by atoms with Crippen LogP contribution >= 0.6 is 0 Å². The molecular formula is C36H42F3N7O3. The average Bonchev–Trinajstić information content (AvgIpc) is 3.00. The van der Waals surface area contributed by atoms with Gasteiger partial charge in [0.2, 0.25) is 0 Å². The molecule has 3 aliphatic heterocycles. The number of nitrogens with zero attached hydrogens (tertiary/aromatic N) is 6. The first-order chi connectivity index (χ1) is 23.5. The average molecular weight is 678 g/mol. The van der Waals surface area contributed by atoms with Crippen LogP contribution in [0.1, 0.15) is 61.1 Å². The van der Waals surface area contributed by atoms with Crippen LogP contribution in [0.5, 0.6) is 17.2 Å². The van der Waals surface area contributed by atoms with E-state index < -0.39 is 36.5 Å². The molecule has 5 aliphatic rings. The van der Waals surface area contributed by atoms with Gasteiger partial charge < -0.3 is 24.6 Å². The first-order valence-electron chi connectivity index (χ1n) is 17.3. The summed E-state index contributed by atoms with van der Waals surface area (Å²) in [6.07, 6.45) is 6.96. The van der Waals surface area contributed by atoms with Crippen LogP contribution < -0.4 is 19.7 Å². The van der Waals surface area contributed by atoms with Crippen LogP contribution in [0.3, 0.4) is 0 Å². The molecule has 4 fully saturated rings. The van der Waals surface area contributed by atoms with Gasteiger partial charge in [0.15, 0.2) is 11.6 Å². The third-order valence-corrected chi connectivity index (χ3v) is 10.8. The van der Waals surface area contributed by atoms with Crippen molar-refractivity contribution in [2.75, 3.05) is 44.2 Å². The Bertz CT molecular complexity index is 1720. The normalized spacial score (nSPS) is 21.7. The molecule has 1 spiro atoms. The number of hydrogen-bond donors (Lipinski definition) is 1. The number of amides is 1. The summed E-state index contributed by atoms with van der Waals surface area (Å²) in [6, 6.07) is 4.72. The number of alkyl halides is 2. The summed E-state index contributed by atoms with van der Waals surface area (Å²) in [5, 5.41) is 3.37. The highest BCUT2D eigenvalue weighted by Gasteiger charge is 2.54. The van der Waals surface area contributed by atoms with Gasteiger partial charge in [-0.15, -0.1) is 0 Å². The van der Waals surface area contributed by atoms with Crippen molar-refractivity contribution < 1.29 is 27.4 Å². The second-order valence-electron chi connectivity index (χ2n) is 14.9. The fourth-order valence-electron chi connectivity index (χ4n) is 8.20. The molecule has 3 aromatic rings. The zero-order valence-corrected chi connectivity index (χ0v) is 27.9. The van der Waals surface area contributed by atoms with Crippen molar-refractivity contribution in [3.8, 4) is 17.2 Å². The highest BCUT2D eigenvalue weighted by atomic mass is 19.3. The number of hydrogen-bond acceptors (Lipinski definition) is 9. The van der Waals surface area contributed by atoms with E-state index in [0.29, 0.717) is 11.6 Å². The maximum absolute atomic E-state index is 14.5. The molecule has 13 heteroatoms. The molecular weight excluding hydrogens is 635 g/mol. The van der Waals surface area contributed by atoms with Gasteiger partial charge in [0.05, 0.1) is 11.8 Å². The number of ether oxygens (including phenoxy) is 2. The number of carbonyl (C=O) groups is 1. The van der Waals surface area contributed by atoms with E-state index in [1.54, 1.807) is 13.8 Å². The number of nitrogens with one attached hydrogen (secondary N) is 1. The number of fused-ring (bicyclic) bond motifs is 1. The fourth-order valence-corrected chi connectivity index (χ4v) is 8.20. The highest BCUT2D eigenvalue weighted by molar-refractivity contribution is 5.97. The second kappa shape index (κ2) is 12.4. The lowest BCUT2D eigenvalue weighted by atomic mass is 9.61. The van der Waals surface area contributed by atoms with E-state index in [9.17, 15) is 18.0 Å². The van der Waals surface area contributed by atoms with Gasteiger partial charge in [-0.25, -0.2) is 23.1 Å². The van der Waals surface area contributed by atoms with Crippen LogP contribution in [0.2, 0.25) is 0 Å². The molecule has 2 aromatic heterocycles. The monoisotopic (exact) mass is 677 g/mol. The van der Waals surface area contributed by atoms with Crippen LogP contribution in [-0.4, -0.2) is 94.0 Å². The van der Waals surface area contributed by atoms with Gasteiger partial charge in [-0.3, -0.25) is 14.7 Å². The summed E-state index contributed by atoms with van der Waals surface area (Å²) < 4.78 is 54.8. The van der Waals surface area contributed by atoms with E-state index in [0.717, 1.165) is 88.5 Å². The molecule has 1 aromatic carbocycles. The van der Waals surface area contributed by atoms with Crippen molar-refractivity contribution in [3.63, 3.8) is 0 Å². The van der Waals surface area contributed by atoms with Crippen LogP contribution in [0.4, 0.5) is 19.0 Å². The zero-order chi connectivity index (χ0) is 33.9. The maximum Gasteiger partial charge on any atom is 0.258 e. The molecule has 2 saturated heterocycles. The lowest BCUT2D eigenvalue weighted by molar-refractivity contribution is -0.120. The summed E-state index contributed by atoms with van der Waals surface area (Å²) in [4.78, 5) is 33.1. The Morgan fingerprint density at radius 3 is 2.59 bits per heavy atom. The van der Waals surface area contributed by atoms with Crippen molar-refractivity contribution in [3.05, 3.63) is 65.6 Å². The molecule has 0 atom stereocenters. The largest absolute Gasteiger partial charge is 0.490 e. The summed E-state index contributed by atoms with van der Waals surface area (Å²) in [5.74, 6) is -1.26. The molecule has 0 bridgehead atoms. The Hall–Kier alpha value is -3.97. The standard InChI is InChI=1S/C36H42F3N7O3/c1-22(2)46(25-10-36(38,39)11-25)34(47)27-9-24(37)3-4-30(27)49-32-16-41-21-43-33(32)45-19-35(20-45)12-26(13-35)48-31-5-7-42-29-6-8-44(18-28(29)31)17-23-14-40-15-23/h3-5,7,9,16,21-23,25-26,40H,6,8,10-15,17-20H2,1-2H3. The molecule has 260 valence electrons. The first kappa shape index (κ1) is 32.2. The van der Waals surface area contributed by atoms with Crippen LogP contribution in [0, 0.1) is 17.2 Å². The van der Waals surface area contributed by atoms with Crippen molar-refractivity contribution in [2.24, 2.45) is 11.3 Å². The number of pyridine rings is 1. The van der Waals surface area contributed by atoms with Gasteiger partial charge in [0, 0.05) is 100 Å². The molecule has 0 unspecified atom stereocenters. The third-order valence-electron chi connectivity index (χ3n) is 10.8. The number of anilines is 1. The number of benzene rings is 1. The SMILES string of the molecule is CC(C)N(C(=O)c1cc(F)ccc1Oc1cncnc1N1CC2(CC(Oc3ccnc4c3CN(CC3CNC3)CC4)C2)C1)C1CC(F)(F)C1. The minimum Gasteiger partial charge on any atom is -0.490 e. The number of rotatable bonds is 10. The van der Waals surface area contributed by atoms with Gasteiger partial charge in [0.1, 0.15) is 29.7 Å². The zero-order valence-electron chi connectivity index (χ0n) is 27.9. The summed E-state index contributed by atoms with van der Waals surface area (Å²) in [6.45, 7) is 10.3. The fraction of sp³-hybridized carbons (Fsp3) is 0.556. The van der Waals surface area contributed by atoms with E-state index in [1.165, 1.54) is 35.1 Å². The predicted molar refractivity (Wildman–Crippen MR) is 176 cm³/mol. The minimum absolute atomic E-state index is 0.0285. The predicted octanol–water partition coefficient (Wildman–Crippen LogP) is 5.08. The van der Waals surface area contributed by atoms with E-state index in [-0.39, 0.29) is 28.9 Å². The van der Waals surface area contributed by atoms with Crippen molar-refractivity contribution in [2.45, 2.75) is 76.6 Å². The van der Waals surface area contributed by atoms with Gasteiger partial charge in [-0.2, -0.15) is 0 Å². The highest BCUT2D eigenvalue weighted by Crippen LogP contribution is 2.52. The summed E-state index contributed by atoms with van der Waals surface area (Å²) in [5.41, 5.74) is 2.45. The van der Waals surface area contributed by atoms with Crippen LogP contribution in [0.15, 0.2) is 43.0 Å². The van der Waals surface area contributed by atoms with Crippen LogP contribution in [-0.2, 0) is 13.0 Å². The molecule has 2 saturated carbocycles.